The van der Waals surface area contributed by atoms with Crippen LogP contribution in [-0.4, -0.2) is 29.4 Å². The van der Waals surface area contributed by atoms with E-state index in [0.717, 1.165) is 11.3 Å². The molecule has 1 aromatic heterocycles. The Morgan fingerprint density at radius 2 is 2.32 bits per heavy atom. The van der Waals surface area contributed by atoms with E-state index in [1.165, 1.54) is 19.4 Å². The molecule has 0 aromatic carbocycles. The first-order valence-electron chi connectivity index (χ1n) is 7.07. The molecule has 0 saturated carbocycles. The summed E-state index contributed by atoms with van der Waals surface area (Å²) in [5, 5.41) is 4.12. The van der Waals surface area contributed by atoms with Crippen LogP contribution in [0.5, 0.6) is 5.75 Å². The lowest BCUT2D eigenvalue weighted by molar-refractivity contribution is -0.135. The zero-order valence-corrected chi connectivity index (χ0v) is 13.2. The summed E-state index contributed by atoms with van der Waals surface area (Å²) in [6.07, 6.45) is 6.32. The minimum absolute atomic E-state index is 0.289. The van der Waals surface area contributed by atoms with Crippen molar-refractivity contribution in [2.75, 3.05) is 7.11 Å². The van der Waals surface area contributed by atoms with Crippen molar-refractivity contribution in [1.82, 2.24) is 4.98 Å². The van der Waals surface area contributed by atoms with E-state index in [2.05, 4.69) is 28.7 Å². The van der Waals surface area contributed by atoms with Gasteiger partial charge in [-0.1, -0.05) is 19.0 Å². The van der Waals surface area contributed by atoms with Crippen LogP contribution in [0, 0.1) is 5.92 Å². The van der Waals surface area contributed by atoms with Crippen LogP contribution in [0.15, 0.2) is 36.0 Å². The Bertz CT molecular complexity index is 610. The third kappa shape index (κ3) is 3.44. The number of carbonyl (C=O) groups is 1. The maximum absolute atomic E-state index is 11.0. The van der Waals surface area contributed by atoms with Gasteiger partial charge in [-0.05, 0) is 18.9 Å². The maximum atomic E-state index is 11.0. The molecule has 6 nitrogen and oxygen atoms in total. The Balaban J connectivity index is 2.25. The average Bonchev–Trinajstić information content (AvgIpc) is 2.50. The van der Waals surface area contributed by atoms with Crippen molar-refractivity contribution >= 4 is 11.7 Å². The zero-order chi connectivity index (χ0) is 16.2. The summed E-state index contributed by atoms with van der Waals surface area (Å²) in [5.41, 5.74) is 1.22. The van der Waals surface area contributed by atoms with E-state index < -0.39 is 5.97 Å². The van der Waals surface area contributed by atoms with Crippen LogP contribution in [-0.2, 0) is 14.4 Å². The molecule has 1 aromatic rings. The van der Waals surface area contributed by atoms with Crippen LogP contribution in [0.25, 0.3) is 0 Å². The van der Waals surface area contributed by atoms with E-state index in [-0.39, 0.29) is 11.5 Å². The highest BCUT2D eigenvalue weighted by Crippen LogP contribution is 2.37. The lowest BCUT2D eigenvalue weighted by Gasteiger charge is -2.38. The van der Waals surface area contributed by atoms with Crippen molar-refractivity contribution in [3.05, 3.63) is 36.4 Å². The first-order valence-corrected chi connectivity index (χ1v) is 7.07. The van der Waals surface area contributed by atoms with Crippen LogP contribution in [0.3, 0.4) is 0 Å². The molecule has 1 atom stereocenters. The number of methoxy groups -OCH3 is 1. The molecule has 0 radical (unpaired) electrons. The van der Waals surface area contributed by atoms with E-state index >= 15 is 0 Å². The van der Waals surface area contributed by atoms with Crippen LogP contribution in [0.4, 0.5) is 0 Å². The number of carbonyl (C=O) groups excluding carboxylic acids is 1. The molecular weight excluding hydrogens is 284 g/mol. The number of fused-ring (bicyclic) bond motifs is 1. The quantitative estimate of drug-likeness (QED) is 0.370. The fourth-order valence-electron chi connectivity index (χ4n) is 2.07. The van der Waals surface area contributed by atoms with Crippen molar-refractivity contribution in [1.29, 1.82) is 0 Å². The second kappa shape index (κ2) is 6.60. The standard InChI is InChI=1S/C16H20N2O4/c1-11(2)16(3)9-13(18-21-8-6-15(19)20-4)12-5-7-17-10-14(12)22-16/h5-8,10-11H,9H2,1-4H3/b8-6+,18-13+. The highest BCUT2D eigenvalue weighted by atomic mass is 16.6. The van der Waals surface area contributed by atoms with Gasteiger partial charge in [-0.15, -0.1) is 0 Å². The molecule has 1 unspecified atom stereocenters. The van der Waals surface area contributed by atoms with E-state index in [1.54, 1.807) is 12.4 Å². The number of nitrogens with zero attached hydrogens (tertiary/aromatic N) is 2. The fraction of sp³-hybridized carbons (Fsp3) is 0.438. The average molecular weight is 304 g/mol. The van der Waals surface area contributed by atoms with Gasteiger partial charge in [0, 0.05) is 18.2 Å². The molecule has 2 rings (SSSR count). The van der Waals surface area contributed by atoms with Gasteiger partial charge in [0.15, 0.2) is 0 Å². The lowest BCUT2D eigenvalue weighted by Crippen LogP contribution is -2.44. The molecular formula is C16H20N2O4. The number of hydrogen-bond acceptors (Lipinski definition) is 6. The van der Waals surface area contributed by atoms with Crippen molar-refractivity contribution in [2.24, 2.45) is 11.1 Å². The number of aromatic nitrogens is 1. The molecule has 22 heavy (non-hydrogen) atoms. The Morgan fingerprint density at radius 3 is 3.00 bits per heavy atom. The van der Waals surface area contributed by atoms with Gasteiger partial charge in [-0.2, -0.15) is 0 Å². The molecule has 118 valence electrons. The summed E-state index contributed by atoms with van der Waals surface area (Å²) in [4.78, 5) is 20.2. The molecule has 0 spiro atoms. The maximum Gasteiger partial charge on any atom is 0.333 e. The summed E-state index contributed by atoms with van der Waals surface area (Å²) in [7, 11) is 1.30. The molecule has 1 aliphatic rings. The topological polar surface area (TPSA) is 70.0 Å². The van der Waals surface area contributed by atoms with Gasteiger partial charge in [0.25, 0.3) is 0 Å². The van der Waals surface area contributed by atoms with E-state index in [1.807, 2.05) is 13.0 Å². The molecule has 1 aliphatic heterocycles. The second-order valence-corrected chi connectivity index (χ2v) is 5.59. The Morgan fingerprint density at radius 1 is 1.55 bits per heavy atom. The van der Waals surface area contributed by atoms with E-state index in [4.69, 9.17) is 9.57 Å². The van der Waals surface area contributed by atoms with Crippen LogP contribution in [0.1, 0.15) is 32.8 Å². The first kappa shape index (κ1) is 16.0. The highest BCUT2D eigenvalue weighted by molar-refractivity contribution is 6.04. The predicted octanol–water partition coefficient (Wildman–Crippen LogP) is 2.69. The predicted molar refractivity (Wildman–Crippen MR) is 81.5 cm³/mol. The van der Waals surface area contributed by atoms with Crippen LogP contribution in [0.2, 0.25) is 0 Å². The van der Waals surface area contributed by atoms with Crippen molar-refractivity contribution in [3.63, 3.8) is 0 Å². The fourth-order valence-corrected chi connectivity index (χ4v) is 2.07. The summed E-state index contributed by atoms with van der Waals surface area (Å²) in [5.74, 6) is 0.477. The minimum Gasteiger partial charge on any atom is -0.485 e. The molecule has 0 bridgehead atoms. The Hall–Kier alpha value is -2.37. The lowest BCUT2D eigenvalue weighted by atomic mass is 9.83. The van der Waals surface area contributed by atoms with Gasteiger partial charge >= 0.3 is 5.97 Å². The monoisotopic (exact) mass is 304 g/mol. The van der Waals surface area contributed by atoms with Crippen molar-refractivity contribution in [2.45, 2.75) is 32.8 Å². The SMILES string of the molecule is COC(=O)/C=C/O/N=C1\CC(C)(C(C)C)Oc2cnccc21. The number of esters is 1. The number of oxime groups is 1. The smallest absolute Gasteiger partial charge is 0.333 e. The highest BCUT2D eigenvalue weighted by Gasteiger charge is 2.38. The largest absolute Gasteiger partial charge is 0.485 e. The van der Waals surface area contributed by atoms with Gasteiger partial charge < -0.3 is 14.3 Å². The summed E-state index contributed by atoms with van der Waals surface area (Å²) >= 11 is 0. The van der Waals surface area contributed by atoms with E-state index in [0.29, 0.717) is 12.2 Å². The normalized spacial score (nSPS) is 22.5. The first-order chi connectivity index (χ1) is 10.5. The van der Waals surface area contributed by atoms with Crippen molar-refractivity contribution in [3.8, 4) is 5.75 Å². The van der Waals surface area contributed by atoms with Crippen molar-refractivity contribution < 1.29 is 19.1 Å². The number of ether oxygens (including phenoxy) is 2. The summed E-state index contributed by atoms with van der Waals surface area (Å²) in [6.45, 7) is 6.22. The Labute approximate surface area is 129 Å². The minimum atomic E-state index is -0.496. The summed E-state index contributed by atoms with van der Waals surface area (Å²) < 4.78 is 10.6. The molecule has 0 fully saturated rings. The number of rotatable bonds is 4. The number of hydrogen-bond donors (Lipinski definition) is 0. The van der Waals surface area contributed by atoms with Gasteiger partial charge in [0.05, 0.1) is 25.1 Å². The Kier molecular flexibility index (Phi) is 4.80. The molecule has 0 aliphatic carbocycles. The molecule has 0 saturated heterocycles. The molecule has 2 heterocycles. The van der Waals surface area contributed by atoms with Gasteiger partial charge in [-0.3, -0.25) is 4.98 Å². The zero-order valence-electron chi connectivity index (χ0n) is 13.2. The van der Waals surface area contributed by atoms with Gasteiger partial charge in [0.2, 0.25) is 0 Å². The van der Waals surface area contributed by atoms with Gasteiger partial charge in [0.1, 0.15) is 17.6 Å². The van der Waals surface area contributed by atoms with Crippen LogP contribution >= 0.6 is 0 Å². The molecule has 0 amide bonds. The van der Waals surface area contributed by atoms with Gasteiger partial charge in [-0.25, -0.2) is 4.79 Å². The summed E-state index contributed by atoms with van der Waals surface area (Å²) in [6, 6.07) is 1.83. The van der Waals surface area contributed by atoms with E-state index in [9.17, 15) is 4.79 Å². The van der Waals surface area contributed by atoms with Crippen LogP contribution < -0.4 is 4.74 Å². The molecule has 0 N–H and O–H groups in total. The third-order valence-electron chi connectivity index (χ3n) is 3.81. The number of pyridine rings is 1. The molecule has 6 heteroatoms. The second-order valence-electron chi connectivity index (χ2n) is 5.59. The third-order valence-corrected chi connectivity index (χ3v) is 3.81.